The minimum absolute atomic E-state index is 0.0153. The van der Waals surface area contributed by atoms with Crippen LogP contribution in [-0.4, -0.2) is 47.9 Å². The third-order valence-electron chi connectivity index (χ3n) is 3.09. The Bertz CT molecular complexity index is 388. The Morgan fingerprint density at radius 2 is 1.86 bits per heavy atom. The average Bonchev–Trinajstić information content (AvgIpc) is 2.64. The molecule has 6 nitrogen and oxygen atoms in total. The van der Waals surface area contributed by atoms with Crippen LogP contribution in [0.15, 0.2) is 0 Å². The van der Waals surface area contributed by atoms with Gasteiger partial charge in [0.25, 0.3) is 0 Å². The van der Waals surface area contributed by atoms with Gasteiger partial charge in [0.05, 0.1) is 13.0 Å². The number of hydrogen-bond acceptors (Lipinski definition) is 4. The molecular weight excluding hydrogens is 272 g/mol. The number of nitrogens with zero attached hydrogens (tertiary/aromatic N) is 1. The molecule has 0 spiro atoms. The van der Waals surface area contributed by atoms with Crippen molar-refractivity contribution < 1.29 is 19.1 Å². The van der Waals surface area contributed by atoms with Gasteiger partial charge in [-0.1, -0.05) is 12.8 Å². The molecule has 1 heterocycles. The molecule has 21 heavy (non-hydrogen) atoms. The van der Waals surface area contributed by atoms with Crippen LogP contribution in [0.5, 0.6) is 0 Å². The number of likely N-dealkylation sites (tertiary alicyclic amines) is 1. The van der Waals surface area contributed by atoms with Gasteiger partial charge in [0.1, 0.15) is 5.60 Å². The van der Waals surface area contributed by atoms with Crippen molar-refractivity contribution in [3.63, 3.8) is 0 Å². The predicted molar refractivity (Wildman–Crippen MR) is 78.9 cm³/mol. The summed E-state index contributed by atoms with van der Waals surface area (Å²) in [6.07, 6.45) is 3.42. The Labute approximate surface area is 126 Å². The van der Waals surface area contributed by atoms with Crippen molar-refractivity contribution in [2.45, 2.75) is 58.5 Å². The summed E-state index contributed by atoms with van der Waals surface area (Å²) in [6, 6.07) is 0. The number of carbonyl (C=O) groups is 3. The van der Waals surface area contributed by atoms with Crippen LogP contribution in [0, 0.1) is 0 Å². The van der Waals surface area contributed by atoms with Crippen molar-refractivity contribution >= 4 is 17.8 Å². The molecule has 1 N–H and O–H groups in total. The number of Topliss-reactive ketones (excluding diaryl/α,β-unsaturated/α-hetero) is 1. The molecule has 0 unspecified atom stereocenters. The molecule has 0 bridgehead atoms. The monoisotopic (exact) mass is 298 g/mol. The molecular formula is C15H26N2O4. The molecule has 0 radical (unpaired) electrons. The molecule has 6 heteroatoms. The van der Waals surface area contributed by atoms with E-state index < -0.39 is 5.60 Å². The molecule has 0 aliphatic carbocycles. The maximum atomic E-state index is 11.4. The molecule has 1 aliphatic heterocycles. The van der Waals surface area contributed by atoms with Gasteiger partial charge in [-0.25, -0.2) is 4.79 Å². The number of rotatable bonds is 7. The van der Waals surface area contributed by atoms with E-state index in [1.807, 2.05) is 20.8 Å². The van der Waals surface area contributed by atoms with Crippen LogP contribution in [-0.2, 0) is 14.3 Å². The van der Waals surface area contributed by atoms with E-state index in [0.29, 0.717) is 13.1 Å². The van der Waals surface area contributed by atoms with Crippen LogP contribution >= 0.6 is 0 Å². The Hall–Kier alpha value is -1.59. The zero-order valence-corrected chi connectivity index (χ0v) is 13.2. The van der Waals surface area contributed by atoms with Crippen molar-refractivity contribution in [3.8, 4) is 0 Å². The van der Waals surface area contributed by atoms with Gasteiger partial charge in [-0.05, 0) is 33.6 Å². The summed E-state index contributed by atoms with van der Waals surface area (Å²) in [7, 11) is 0. The number of alkyl carbamates (subject to hydrolysis) is 1. The van der Waals surface area contributed by atoms with Crippen molar-refractivity contribution in [1.82, 2.24) is 10.2 Å². The third kappa shape index (κ3) is 7.68. The highest BCUT2D eigenvalue weighted by molar-refractivity contribution is 6.05. The summed E-state index contributed by atoms with van der Waals surface area (Å²) in [5.41, 5.74) is -0.468. The second kappa shape index (κ2) is 8.00. The van der Waals surface area contributed by atoms with E-state index >= 15 is 0 Å². The summed E-state index contributed by atoms with van der Waals surface area (Å²) in [5, 5.41) is 2.71. The van der Waals surface area contributed by atoms with Gasteiger partial charge in [0, 0.05) is 13.1 Å². The number of ketones is 1. The molecule has 1 saturated heterocycles. The number of amides is 2. The summed E-state index contributed by atoms with van der Waals surface area (Å²) >= 11 is 0. The van der Waals surface area contributed by atoms with E-state index in [-0.39, 0.29) is 30.7 Å². The van der Waals surface area contributed by atoms with Crippen molar-refractivity contribution in [2.24, 2.45) is 0 Å². The molecule has 1 rings (SSSR count). The zero-order chi connectivity index (χ0) is 15.9. The number of hydrogen-bond donors (Lipinski definition) is 1. The molecule has 120 valence electrons. The SMILES string of the molecule is CC(C)(C)OC(=O)NCCCCCCN1CC(=O)CC1=O. The summed E-state index contributed by atoms with van der Waals surface area (Å²) in [6.45, 7) is 7.02. The minimum atomic E-state index is -0.468. The first-order valence-corrected chi connectivity index (χ1v) is 7.54. The maximum absolute atomic E-state index is 11.4. The van der Waals surface area contributed by atoms with Crippen LogP contribution in [0.2, 0.25) is 0 Å². The van der Waals surface area contributed by atoms with Gasteiger partial charge in [-0.15, -0.1) is 0 Å². The highest BCUT2D eigenvalue weighted by atomic mass is 16.6. The predicted octanol–water partition coefficient (Wildman–Crippen LogP) is 1.87. The fourth-order valence-electron chi connectivity index (χ4n) is 2.13. The number of nitrogens with one attached hydrogen (secondary N) is 1. The van der Waals surface area contributed by atoms with Gasteiger partial charge >= 0.3 is 6.09 Å². The molecule has 1 aliphatic rings. The van der Waals surface area contributed by atoms with Crippen LogP contribution < -0.4 is 5.32 Å². The molecule has 0 saturated carbocycles. The van der Waals surface area contributed by atoms with E-state index in [1.54, 1.807) is 4.90 Å². The largest absolute Gasteiger partial charge is 0.444 e. The van der Waals surface area contributed by atoms with E-state index in [4.69, 9.17) is 4.74 Å². The summed E-state index contributed by atoms with van der Waals surface area (Å²) in [4.78, 5) is 35.5. The molecule has 0 aromatic rings. The van der Waals surface area contributed by atoms with Crippen LogP contribution in [0.1, 0.15) is 52.9 Å². The van der Waals surface area contributed by atoms with Gasteiger partial charge in [0.15, 0.2) is 5.78 Å². The summed E-state index contributed by atoms with van der Waals surface area (Å²) < 4.78 is 5.13. The van der Waals surface area contributed by atoms with Crippen LogP contribution in [0.25, 0.3) is 0 Å². The van der Waals surface area contributed by atoms with Gasteiger partial charge < -0.3 is 15.0 Å². The summed E-state index contributed by atoms with van der Waals surface area (Å²) in [5.74, 6) is -0.0341. The second-order valence-corrected chi connectivity index (χ2v) is 6.37. The van der Waals surface area contributed by atoms with Crippen molar-refractivity contribution in [2.75, 3.05) is 19.6 Å². The first-order valence-electron chi connectivity index (χ1n) is 7.54. The fourth-order valence-corrected chi connectivity index (χ4v) is 2.13. The lowest BCUT2D eigenvalue weighted by molar-refractivity contribution is -0.127. The zero-order valence-electron chi connectivity index (χ0n) is 13.2. The highest BCUT2D eigenvalue weighted by Gasteiger charge is 2.26. The van der Waals surface area contributed by atoms with Gasteiger partial charge in [-0.2, -0.15) is 0 Å². The number of unbranched alkanes of at least 4 members (excludes halogenated alkanes) is 3. The smallest absolute Gasteiger partial charge is 0.407 e. The molecule has 0 aromatic heterocycles. The maximum Gasteiger partial charge on any atom is 0.407 e. The lowest BCUT2D eigenvalue weighted by atomic mass is 10.2. The van der Waals surface area contributed by atoms with Gasteiger partial charge in [0.2, 0.25) is 5.91 Å². The molecule has 2 amide bonds. The Balaban J connectivity index is 1.97. The Morgan fingerprint density at radius 3 is 2.43 bits per heavy atom. The standard InChI is InChI=1S/C15H26N2O4/c1-15(2,3)21-14(20)16-8-6-4-5-7-9-17-11-12(18)10-13(17)19/h4-11H2,1-3H3,(H,16,20). The van der Waals surface area contributed by atoms with E-state index in [0.717, 1.165) is 25.7 Å². The van der Waals surface area contributed by atoms with Crippen LogP contribution in [0.4, 0.5) is 4.79 Å². The second-order valence-electron chi connectivity index (χ2n) is 6.37. The highest BCUT2D eigenvalue weighted by Crippen LogP contribution is 2.09. The van der Waals surface area contributed by atoms with Crippen LogP contribution in [0.3, 0.4) is 0 Å². The number of ether oxygens (including phenoxy) is 1. The topological polar surface area (TPSA) is 75.7 Å². The fraction of sp³-hybridized carbons (Fsp3) is 0.800. The van der Waals surface area contributed by atoms with E-state index in [1.165, 1.54) is 0 Å². The lowest BCUT2D eigenvalue weighted by Gasteiger charge is -2.19. The molecule has 0 atom stereocenters. The molecule has 1 fully saturated rings. The quantitative estimate of drug-likeness (QED) is 0.575. The van der Waals surface area contributed by atoms with E-state index in [2.05, 4.69) is 5.32 Å². The Kier molecular flexibility index (Phi) is 6.65. The first kappa shape index (κ1) is 17.5. The first-order chi connectivity index (χ1) is 9.78. The average molecular weight is 298 g/mol. The third-order valence-corrected chi connectivity index (χ3v) is 3.09. The van der Waals surface area contributed by atoms with Crippen molar-refractivity contribution in [1.29, 1.82) is 0 Å². The normalized spacial score (nSPS) is 15.5. The lowest BCUT2D eigenvalue weighted by Crippen LogP contribution is -2.33. The minimum Gasteiger partial charge on any atom is -0.444 e. The van der Waals surface area contributed by atoms with E-state index in [9.17, 15) is 14.4 Å². The Morgan fingerprint density at radius 1 is 1.19 bits per heavy atom. The number of carbonyl (C=O) groups excluding carboxylic acids is 3. The molecule has 0 aromatic carbocycles. The van der Waals surface area contributed by atoms with Gasteiger partial charge in [-0.3, -0.25) is 9.59 Å². The van der Waals surface area contributed by atoms with Crippen molar-refractivity contribution in [3.05, 3.63) is 0 Å².